The van der Waals surface area contributed by atoms with Crippen LogP contribution in [0.5, 0.6) is 0 Å². The third-order valence-corrected chi connectivity index (χ3v) is 4.72. The molecule has 3 atom stereocenters. The van der Waals surface area contributed by atoms with Gasteiger partial charge in [-0.05, 0) is 37.5 Å². The molecule has 5 nitrogen and oxygen atoms in total. The largest absolute Gasteiger partial charge is 0.462 e. The van der Waals surface area contributed by atoms with Gasteiger partial charge in [-0.2, -0.15) is 0 Å². The molecule has 1 amide bonds. The third-order valence-electron chi connectivity index (χ3n) is 4.72. The van der Waals surface area contributed by atoms with Crippen LogP contribution in [0.2, 0.25) is 0 Å². The molecule has 3 heterocycles. The van der Waals surface area contributed by atoms with E-state index in [4.69, 9.17) is 4.42 Å². The van der Waals surface area contributed by atoms with E-state index in [0.29, 0.717) is 17.6 Å². The average Bonchev–Trinajstić information content (AvgIpc) is 3.21. The highest BCUT2D eigenvalue weighted by Gasteiger charge is 2.39. The van der Waals surface area contributed by atoms with E-state index in [1.54, 1.807) is 6.26 Å². The maximum Gasteiger partial charge on any atom is 0.251 e. The van der Waals surface area contributed by atoms with Crippen molar-refractivity contribution in [3.8, 4) is 0 Å². The van der Waals surface area contributed by atoms with Crippen molar-refractivity contribution in [1.29, 1.82) is 0 Å². The van der Waals surface area contributed by atoms with Crippen molar-refractivity contribution in [2.45, 2.75) is 37.4 Å². The van der Waals surface area contributed by atoms with E-state index in [9.17, 15) is 4.79 Å². The number of furan rings is 1. The van der Waals surface area contributed by atoms with Crippen LogP contribution in [0.4, 0.5) is 5.69 Å². The molecule has 2 aromatic rings. The summed E-state index contributed by atoms with van der Waals surface area (Å²) in [6.07, 6.45) is 5.13. The summed E-state index contributed by atoms with van der Waals surface area (Å²) < 4.78 is 5.44. The predicted octanol–water partition coefficient (Wildman–Crippen LogP) is 2.10. The van der Waals surface area contributed by atoms with Gasteiger partial charge in [0.1, 0.15) is 11.8 Å². The molecule has 0 aliphatic carbocycles. The molecule has 2 saturated heterocycles. The molecule has 21 heavy (non-hydrogen) atoms. The predicted molar refractivity (Wildman–Crippen MR) is 81.6 cm³/mol. The molecule has 0 spiro atoms. The van der Waals surface area contributed by atoms with E-state index >= 15 is 0 Å². The maximum atomic E-state index is 12.5. The van der Waals surface area contributed by atoms with Gasteiger partial charge in [0, 0.05) is 36.1 Å². The highest BCUT2D eigenvalue weighted by Crippen LogP contribution is 2.29. The molecule has 2 bridgehead atoms. The van der Waals surface area contributed by atoms with Crippen LogP contribution in [-0.2, 0) is 0 Å². The molecule has 5 heteroatoms. The first-order valence-electron chi connectivity index (χ1n) is 7.50. The number of fused-ring (bicyclic) bond motifs is 3. The fourth-order valence-corrected chi connectivity index (χ4v) is 3.60. The number of hydrogen-bond donors (Lipinski definition) is 3. The Bertz CT molecular complexity index is 694. The van der Waals surface area contributed by atoms with Crippen molar-refractivity contribution in [1.82, 2.24) is 10.6 Å². The van der Waals surface area contributed by atoms with Gasteiger partial charge < -0.3 is 20.4 Å². The van der Waals surface area contributed by atoms with Crippen LogP contribution in [0, 0.1) is 0 Å². The summed E-state index contributed by atoms with van der Waals surface area (Å²) in [6.45, 7) is 0. The second kappa shape index (κ2) is 4.77. The lowest BCUT2D eigenvalue weighted by molar-refractivity contribution is 0.0931. The Hall–Kier alpha value is -2.01. The van der Waals surface area contributed by atoms with Crippen molar-refractivity contribution in [2.24, 2.45) is 0 Å². The van der Waals surface area contributed by atoms with Crippen LogP contribution in [-0.4, -0.2) is 31.1 Å². The Kier molecular flexibility index (Phi) is 2.89. The molecule has 0 saturated carbocycles. The van der Waals surface area contributed by atoms with Crippen molar-refractivity contribution < 1.29 is 9.21 Å². The molecule has 2 aliphatic heterocycles. The van der Waals surface area contributed by atoms with Crippen molar-refractivity contribution in [2.75, 3.05) is 12.4 Å². The summed E-state index contributed by atoms with van der Waals surface area (Å²) in [5.41, 5.74) is 2.38. The fraction of sp³-hybridized carbons (Fsp3) is 0.438. The van der Waals surface area contributed by atoms with E-state index < -0.39 is 0 Å². The van der Waals surface area contributed by atoms with Crippen LogP contribution in [0.1, 0.15) is 29.6 Å². The molecule has 2 fully saturated rings. The number of amides is 1. The minimum atomic E-state index is -0.000460. The van der Waals surface area contributed by atoms with Gasteiger partial charge in [0.2, 0.25) is 0 Å². The quantitative estimate of drug-likeness (QED) is 0.808. The Labute approximate surface area is 123 Å². The molecule has 1 aromatic carbocycles. The van der Waals surface area contributed by atoms with E-state index in [1.807, 2.05) is 25.2 Å². The zero-order chi connectivity index (χ0) is 14.4. The van der Waals surface area contributed by atoms with Crippen LogP contribution < -0.4 is 16.0 Å². The molecule has 0 unspecified atom stereocenters. The van der Waals surface area contributed by atoms with Gasteiger partial charge in [-0.3, -0.25) is 4.79 Å². The van der Waals surface area contributed by atoms with Gasteiger partial charge in [0.05, 0.1) is 5.69 Å². The first kappa shape index (κ1) is 12.7. The molecule has 4 rings (SSSR count). The van der Waals surface area contributed by atoms with E-state index in [1.165, 1.54) is 12.8 Å². The number of rotatable bonds is 3. The van der Waals surface area contributed by atoms with Crippen molar-refractivity contribution in [3.63, 3.8) is 0 Å². The Morgan fingerprint density at radius 1 is 1.38 bits per heavy atom. The fourth-order valence-electron chi connectivity index (χ4n) is 3.60. The van der Waals surface area contributed by atoms with Crippen molar-refractivity contribution in [3.05, 3.63) is 30.0 Å². The highest BCUT2D eigenvalue weighted by atomic mass is 16.3. The first-order valence-corrected chi connectivity index (χ1v) is 7.50. The van der Waals surface area contributed by atoms with Gasteiger partial charge in [-0.15, -0.1) is 0 Å². The monoisotopic (exact) mass is 285 g/mol. The standard InChI is InChI=1S/C16H19N3O2/c1-17-14-8-21-15-5-2-9(6-11(14)15)16(20)19-13-7-10-3-4-12(13)18-10/h2,5-6,8,10,12-13,17-18H,3-4,7H2,1H3,(H,19,20)/t10-,12+,13-/m1/s1. The molecular formula is C16H19N3O2. The summed E-state index contributed by atoms with van der Waals surface area (Å²) >= 11 is 0. The van der Waals surface area contributed by atoms with Crippen LogP contribution in [0.3, 0.4) is 0 Å². The first-order chi connectivity index (χ1) is 10.2. The SMILES string of the molecule is CNc1coc2ccc(C(=O)N[C@@H]3C[C@H]4CC[C@@H]3N4)cc12. The Balaban J connectivity index is 1.56. The molecular weight excluding hydrogens is 266 g/mol. The molecule has 0 radical (unpaired) electrons. The second-order valence-corrected chi connectivity index (χ2v) is 5.97. The summed E-state index contributed by atoms with van der Waals surface area (Å²) in [7, 11) is 1.85. The topological polar surface area (TPSA) is 66.3 Å². The van der Waals surface area contributed by atoms with Gasteiger partial charge in [-0.25, -0.2) is 0 Å². The number of benzene rings is 1. The van der Waals surface area contributed by atoms with Gasteiger partial charge in [-0.1, -0.05) is 0 Å². The summed E-state index contributed by atoms with van der Waals surface area (Å²) in [6, 6.07) is 6.86. The van der Waals surface area contributed by atoms with Crippen molar-refractivity contribution >= 4 is 22.6 Å². The maximum absolute atomic E-state index is 12.5. The number of carbonyl (C=O) groups excluding carboxylic acids is 1. The summed E-state index contributed by atoms with van der Waals surface area (Å²) in [5.74, 6) is -0.000460. The second-order valence-electron chi connectivity index (χ2n) is 5.97. The van der Waals surface area contributed by atoms with Crippen LogP contribution in [0.25, 0.3) is 11.0 Å². The summed E-state index contributed by atoms with van der Waals surface area (Å²) in [4.78, 5) is 12.5. The van der Waals surface area contributed by atoms with Crippen LogP contribution in [0.15, 0.2) is 28.9 Å². The highest BCUT2D eigenvalue weighted by molar-refractivity contribution is 6.00. The number of anilines is 1. The number of carbonyl (C=O) groups is 1. The molecule has 3 N–H and O–H groups in total. The molecule has 2 aliphatic rings. The smallest absolute Gasteiger partial charge is 0.251 e. The van der Waals surface area contributed by atoms with E-state index in [2.05, 4.69) is 16.0 Å². The number of nitrogens with one attached hydrogen (secondary N) is 3. The normalized spacial score (nSPS) is 27.2. The zero-order valence-electron chi connectivity index (χ0n) is 12.0. The van der Waals surface area contributed by atoms with E-state index in [-0.39, 0.29) is 11.9 Å². The van der Waals surface area contributed by atoms with Gasteiger partial charge >= 0.3 is 0 Å². The lowest BCUT2D eigenvalue weighted by Gasteiger charge is -2.21. The molecule has 1 aromatic heterocycles. The minimum Gasteiger partial charge on any atom is -0.462 e. The number of hydrogen-bond acceptors (Lipinski definition) is 4. The lowest BCUT2D eigenvalue weighted by atomic mass is 9.95. The zero-order valence-corrected chi connectivity index (χ0v) is 12.0. The van der Waals surface area contributed by atoms with E-state index in [0.717, 1.165) is 23.1 Å². The minimum absolute atomic E-state index is 0.000460. The van der Waals surface area contributed by atoms with Gasteiger partial charge in [0.25, 0.3) is 5.91 Å². The average molecular weight is 285 g/mol. The van der Waals surface area contributed by atoms with Gasteiger partial charge in [0.15, 0.2) is 0 Å². The molecule has 110 valence electrons. The summed E-state index contributed by atoms with van der Waals surface area (Å²) in [5, 5.41) is 10.7. The lowest BCUT2D eigenvalue weighted by Crippen LogP contribution is -2.42. The Morgan fingerprint density at radius 2 is 2.29 bits per heavy atom. The van der Waals surface area contributed by atoms with Crippen LogP contribution >= 0.6 is 0 Å². The Morgan fingerprint density at radius 3 is 3.00 bits per heavy atom. The third kappa shape index (κ3) is 2.08.